The summed E-state index contributed by atoms with van der Waals surface area (Å²) in [5, 5.41) is 5.61. The van der Waals surface area contributed by atoms with Crippen LogP contribution in [0.15, 0.2) is 72.8 Å². The lowest BCUT2D eigenvalue weighted by atomic mass is 9.80. The second-order valence-corrected chi connectivity index (χ2v) is 22.4. The minimum absolute atomic E-state index is 0.0634. The van der Waals surface area contributed by atoms with E-state index < -0.39 is 24.3 Å². The van der Waals surface area contributed by atoms with Gasteiger partial charge in [-0.25, -0.2) is 19.6 Å². The normalized spacial score (nSPS) is 22.2. The predicted molar refractivity (Wildman–Crippen MR) is 286 cm³/mol. The summed E-state index contributed by atoms with van der Waals surface area (Å²) in [6.45, 7) is 5.06. The van der Waals surface area contributed by atoms with Gasteiger partial charge >= 0.3 is 12.2 Å². The van der Waals surface area contributed by atoms with Crippen molar-refractivity contribution in [1.82, 2.24) is 40.4 Å². The Hall–Kier alpha value is -6.00. The van der Waals surface area contributed by atoms with E-state index in [1.54, 1.807) is 23.5 Å². The second-order valence-electron chi connectivity index (χ2n) is 20.4. The van der Waals surface area contributed by atoms with Crippen LogP contribution in [0.5, 0.6) is 0 Å². The molecule has 16 heteroatoms. The molecule has 7 aliphatic rings. The number of carbonyl (C=O) groups excluding carboxylic acids is 4. The molecule has 4 bridgehead atoms. The summed E-state index contributed by atoms with van der Waals surface area (Å²) in [7, 11) is 2.65. The van der Waals surface area contributed by atoms with Gasteiger partial charge in [-0.05, 0) is 168 Å². The SMILES string of the molecule is COC(=O)N[C@@H](CCSC)C(=O)N1C[C@H](C)C[C@H]1c1nc2cc(-c3cc4ccc3C[C@@H](C)c3ccc(c(-c5ccc6[nH]c([C@@H]7C[C@H]8CC[C@H]8N7C(=O)[C@H](CCSC)NC(=O)OC)nc6c5)c3)CC4)ccc2[nH]1. The molecule has 5 aliphatic carbocycles. The first-order chi connectivity index (χ1) is 34.9. The smallest absolute Gasteiger partial charge is 0.407 e. The van der Waals surface area contributed by atoms with Gasteiger partial charge < -0.3 is 39.9 Å². The Balaban J connectivity index is 0.896. The Labute approximate surface area is 429 Å². The van der Waals surface area contributed by atoms with Gasteiger partial charge in [-0.2, -0.15) is 23.5 Å². The van der Waals surface area contributed by atoms with Crippen molar-refractivity contribution < 1.29 is 28.7 Å². The van der Waals surface area contributed by atoms with Crippen molar-refractivity contribution in [3.63, 3.8) is 0 Å². The fourth-order valence-corrected chi connectivity index (χ4v) is 12.7. The number of ether oxygens (including phenoxy) is 2. The maximum Gasteiger partial charge on any atom is 0.407 e. The van der Waals surface area contributed by atoms with Gasteiger partial charge in [-0.1, -0.05) is 62.4 Å². The monoisotopic (exact) mass is 1010 g/mol. The Kier molecular flexibility index (Phi) is 14.6. The molecule has 4 N–H and O–H groups in total. The molecule has 0 spiro atoms. The van der Waals surface area contributed by atoms with Gasteiger partial charge in [0.1, 0.15) is 23.7 Å². The van der Waals surface area contributed by atoms with E-state index in [4.69, 9.17) is 19.4 Å². The van der Waals surface area contributed by atoms with Crippen LogP contribution in [-0.4, -0.2) is 117 Å². The summed E-state index contributed by atoms with van der Waals surface area (Å²) < 4.78 is 9.79. The molecule has 6 aromatic rings. The van der Waals surface area contributed by atoms with Gasteiger partial charge in [0.2, 0.25) is 11.8 Å². The molecule has 72 heavy (non-hydrogen) atoms. The van der Waals surface area contributed by atoms with Crippen molar-refractivity contribution in [3.8, 4) is 22.3 Å². The van der Waals surface area contributed by atoms with E-state index in [0.717, 1.165) is 101 Å². The van der Waals surface area contributed by atoms with E-state index in [2.05, 4.69) is 107 Å². The Morgan fingerprint density at radius 1 is 0.708 bits per heavy atom. The number of carbonyl (C=O) groups is 4. The van der Waals surface area contributed by atoms with E-state index in [9.17, 15) is 19.2 Å². The lowest BCUT2D eigenvalue weighted by Gasteiger charge is -2.38. The molecule has 8 atom stereocenters. The molecule has 4 amide bonds. The molecule has 2 aliphatic heterocycles. The molecule has 2 aromatic heterocycles. The molecule has 0 unspecified atom stereocenters. The number of methoxy groups -OCH3 is 2. The van der Waals surface area contributed by atoms with Crippen molar-refractivity contribution in [2.24, 2.45) is 11.8 Å². The molecule has 4 aromatic carbocycles. The lowest BCUT2D eigenvalue weighted by molar-refractivity contribution is -0.138. The molecule has 1 saturated carbocycles. The minimum atomic E-state index is -0.676. The van der Waals surface area contributed by atoms with Gasteiger partial charge in [-0.15, -0.1) is 0 Å². The number of aromatic amines is 2. The topological polar surface area (TPSA) is 175 Å². The summed E-state index contributed by atoms with van der Waals surface area (Å²) >= 11 is 3.29. The average molecular weight is 1010 g/mol. The fraction of sp³-hybridized carbons (Fsp3) is 0.464. The minimum Gasteiger partial charge on any atom is -0.453 e. The third-order valence-electron chi connectivity index (χ3n) is 15.8. The van der Waals surface area contributed by atoms with Crippen molar-refractivity contribution in [1.29, 1.82) is 0 Å². The van der Waals surface area contributed by atoms with Crippen molar-refractivity contribution >= 4 is 69.6 Å². The quantitative estimate of drug-likeness (QED) is 0.0822. The molecule has 4 heterocycles. The summed E-state index contributed by atoms with van der Waals surface area (Å²) in [6, 6.07) is 25.3. The molecule has 2 saturated heterocycles. The maximum absolute atomic E-state index is 14.3. The highest BCUT2D eigenvalue weighted by molar-refractivity contribution is 7.98. The number of aryl methyl sites for hydroxylation is 2. The van der Waals surface area contributed by atoms with Crippen LogP contribution >= 0.6 is 23.5 Å². The first kappa shape index (κ1) is 49.6. The highest BCUT2D eigenvalue weighted by Crippen LogP contribution is 2.50. The highest BCUT2D eigenvalue weighted by Gasteiger charge is 2.51. The number of rotatable bonds is 14. The van der Waals surface area contributed by atoms with Crippen LogP contribution in [0.3, 0.4) is 0 Å². The van der Waals surface area contributed by atoms with Crippen LogP contribution in [0, 0.1) is 11.8 Å². The zero-order valence-corrected chi connectivity index (χ0v) is 43.7. The molecule has 378 valence electrons. The van der Waals surface area contributed by atoms with Crippen LogP contribution < -0.4 is 10.6 Å². The van der Waals surface area contributed by atoms with Gasteiger partial charge in [0.15, 0.2) is 0 Å². The largest absolute Gasteiger partial charge is 0.453 e. The molecular weight excluding hydrogens is 945 g/mol. The molecule has 3 fully saturated rings. The molecule has 14 nitrogen and oxygen atoms in total. The Morgan fingerprint density at radius 2 is 1.32 bits per heavy atom. The number of likely N-dealkylation sites (tertiary alicyclic amines) is 2. The average Bonchev–Trinajstić information content (AvgIpc) is 4.17. The van der Waals surface area contributed by atoms with Gasteiger partial charge in [0, 0.05) is 12.6 Å². The first-order valence-electron chi connectivity index (χ1n) is 25.5. The summed E-state index contributed by atoms with van der Waals surface area (Å²) in [6.07, 6.45) is 10.1. The number of imidazole rings is 2. The van der Waals surface area contributed by atoms with E-state index in [1.165, 1.54) is 47.6 Å². The summed E-state index contributed by atoms with van der Waals surface area (Å²) in [5.41, 5.74) is 13.3. The summed E-state index contributed by atoms with van der Waals surface area (Å²) in [5.74, 6) is 3.78. The molecule has 13 rings (SSSR count). The number of alkyl carbamates (subject to hydrolysis) is 2. The standard InChI is InChI=1S/C56H66N8O6S2/c1-31-23-49(63(30-31)53(65)44(19-21-71-5)61-55(67)69-3)51-57-42-16-13-37(27-46(42)59-51)40-25-33-7-9-34-11-12-35(32(2)24-36(40)10-8-33)26-41(34)38-14-17-43-47(28-38)60-52(58-43)50-29-39-15-18-48(39)64(50)54(66)45(20-22-72-6)62-56(68)70-4/h8,10-14,16-17,25-28,31-32,39,44-45,48-50H,7,9,15,18-24,29-30H2,1-6H3,(H,57,59)(H,58,60)(H,61,67)(H,62,68)/t31-,32-,39-,44+,45+,48-,49+,50+/m1/s1. The number of hydrogen-bond donors (Lipinski definition) is 4. The van der Waals surface area contributed by atoms with Crippen molar-refractivity contribution in [2.45, 2.75) is 108 Å². The molecule has 0 radical (unpaired) electrons. The Morgan fingerprint density at radius 3 is 1.93 bits per heavy atom. The third kappa shape index (κ3) is 9.92. The third-order valence-corrected chi connectivity index (χ3v) is 17.0. The van der Waals surface area contributed by atoms with Crippen LogP contribution in [0.1, 0.15) is 104 Å². The number of thioether (sulfide) groups is 2. The maximum atomic E-state index is 14.3. The van der Waals surface area contributed by atoms with Gasteiger partial charge in [0.25, 0.3) is 0 Å². The van der Waals surface area contributed by atoms with Crippen LogP contribution in [-0.2, 0) is 38.3 Å². The lowest BCUT2D eigenvalue weighted by Crippen LogP contribution is -2.53. The zero-order chi connectivity index (χ0) is 50.2. The second kappa shape index (κ2) is 21.2. The molecular formula is C56H66N8O6S2. The van der Waals surface area contributed by atoms with Gasteiger partial charge in [-0.3, -0.25) is 9.59 Å². The fourth-order valence-electron chi connectivity index (χ4n) is 11.7. The number of nitrogens with one attached hydrogen (secondary N) is 4. The van der Waals surface area contributed by atoms with Crippen LogP contribution in [0.25, 0.3) is 44.3 Å². The van der Waals surface area contributed by atoms with E-state index >= 15 is 0 Å². The van der Waals surface area contributed by atoms with E-state index in [0.29, 0.717) is 25.3 Å². The van der Waals surface area contributed by atoms with E-state index in [-0.39, 0.29) is 41.8 Å². The Bertz CT molecular complexity index is 3010. The zero-order valence-electron chi connectivity index (χ0n) is 42.1. The van der Waals surface area contributed by atoms with Crippen molar-refractivity contribution in [2.75, 3.05) is 44.8 Å². The number of amides is 4. The number of nitrogens with zero attached hydrogens (tertiary/aromatic N) is 4. The van der Waals surface area contributed by atoms with E-state index in [1.807, 2.05) is 22.3 Å². The first-order valence-corrected chi connectivity index (χ1v) is 28.3. The number of H-pyrrole nitrogens is 2. The van der Waals surface area contributed by atoms with Crippen molar-refractivity contribution in [3.05, 3.63) is 107 Å². The summed E-state index contributed by atoms with van der Waals surface area (Å²) in [4.78, 5) is 74.4. The number of benzene rings is 4. The number of aromatic nitrogens is 4. The highest BCUT2D eigenvalue weighted by atomic mass is 32.2. The number of hydrogen-bond acceptors (Lipinski definition) is 10. The predicted octanol–water partition coefficient (Wildman–Crippen LogP) is 10.1. The van der Waals surface area contributed by atoms with Crippen LogP contribution in [0.2, 0.25) is 0 Å². The van der Waals surface area contributed by atoms with Crippen LogP contribution in [0.4, 0.5) is 9.59 Å². The number of fused-ring (bicyclic) bond motifs is 3. The van der Waals surface area contributed by atoms with Gasteiger partial charge in [0.05, 0.1) is 48.4 Å².